The van der Waals surface area contributed by atoms with Crippen LogP contribution >= 0.6 is 0 Å². The number of benzene rings is 2. The van der Waals surface area contributed by atoms with Crippen LogP contribution in [0.5, 0.6) is 0 Å². The highest BCUT2D eigenvalue weighted by Crippen LogP contribution is 2.21. The summed E-state index contributed by atoms with van der Waals surface area (Å²) in [5, 5.41) is 2.79. The number of amides is 2. The smallest absolute Gasteiger partial charge is 0.244 e. The van der Waals surface area contributed by atoms with Crippen molar-refractivity contribution in [3.05, 3.63) is 65.2 Å². The number of aryl methyl sites for hydroxylation is 1. The Hall–Kier alpha value is -3.01. The molecule has 0 saturated carbocycles. The van der Waals surface area contributed by atoms with E-state index in [0.717, 1.165) is 29.5 Å². The summed E-state index contributed by atoms with van der Waals surface area (Å²) in [5.74, 6) is -3.22. The molecule has 1 N–H and O–H groups in total. The molecular weight excluding hydrogens is 464 g/mol. The number of carbonyl (C=O) groups is 2. The molecule has 0 fully saturated rings. The summed E-state index contributed by atoms with van der Waals surface area (Å²) in [6.45, 7) is 7.14. The van der Waals surface area contributed by atoms with Gasteiger partial charge in [0.2, 0.25) is 21.8 Å². The first-order chi connectivity index (χ1) is 15.8. The highest BCUT2D eigenvalue weighted by atomic mass is 32.2. The first-order valence-corrected chi connectivity index (χ1v) is 12.7. The molecule has 0 aliphatic rings. The van der Waals surface area contributed by atoms with E-state index in [-0.39, 0.29) is 24.1 Å². The van der Waals surface area contributed by atoms with Crippen LogP contribution in [0.3, 0.4) is 0 Å². The molecule has 0 aliphatic carbocycles. The SMILES string of the molecule is Cc1ccc(CN(C(=O)CN(c2ccc(F)c(F)c2)S(C)(=O)=O)C(C)C(=O)NCC(C)C)cc1. The second-order valence-electron chi connectivity index (χ2n) is 8.69. The number of hydrogen-bond acceptors (Lipinski definition) is 4. The van der Waals surface area contributed by atoms with Crippen LogP contribution < -0.4 is 9.62 Å². The molecule has 2 amide bonds. The van der Waals surface area contributed by atoms with Crippen molar-refractivity contribution in [2.24, 2.45) is 5.92 Å². The van der Waals surface area contributed by atoms with Crippen molar-refractivity contribution in [3.63, 3.8) is 0 Å². The average Bonchev–Trinajstić information content (AvgIpc) is 2.76. The number of hydrogen-bond donors (Lipinski definition) is 1. The van der Waals surface area contributed by atoms with Crippen molar-refractivity contribution in [3.8, 4) is 0 Å². The molecule has 34 heavy (non-hydrogen) atoms. The summed E-state index contributed by atoms with van der Waals surface area (Å²) in [7, 11) is -4.03. The van der Waals surface area contributed by atoms with E-state index < -0.39 is 40.2 Å². The molecule has 7 nitrogen and oxygen atoms in total. The number of anilines is 1. The van der Waals surface area contributed by atoms with Crippen molar-refractivity contribution >= 4 is 27.5 Å². The van der Waals surface area contributed by atoms with Gasteiger partial charge in [-0.1, -0.05) is 43.7 Å². The van der Waals surface area contributed by atoms with Crippen molar-refractivity contribution in [2.45, 2.75) is 40.3 Å². The Morgan fingerprint density at radius 1 is 1.00 bits per heavy atom. The van der Waals surface area contributed by atoms with Crippen molar-refractivity contribution in [1.82, 2.24) is 10.2 Å². The average molecular weight is 496 g/mol. The molecular formula is C24H31F2N3O4S. The van der Waals surface area contributed by atoms with Gasteiger partial charge in [0.05, 0.1) is 11.9 Å². The number of carbonyl (C=O) groups excluding carboxylic acids is 2. The summed E-state index contributed by atoms with van der Waals surface area (Å²) in [4.78, 5) is 27.4. The van der Waals surface area contributed by atoms with E-state index in [2.05, 4.69) is 5.32 Å². The van der Waals surface area contributed by atoms with E-state index in [4.69, 9.17) is 0 Å². The maximum atomic E-state index is 13.8. The lowest BCUT2D eigenvalue weighted by atomic mass is 10.1. The number of sulfonamides is 1. The summed E-state index contributed by atoms with van der Waals surface area (Å²) in [5.41, 5.74) is 1.58. The highest BCUT2D eigenvalue weighted by molar-refractivity contribution is 7.92. The minimum Gasteiger partial charge on any atom is -0.354 e. The Morgan fingerprint density at radius 3 is 2.15 bits per heavy atom. The molecule has 0 radical (unpaired) electrons. The van der Waals surface area contributed by atoms with Crippen LogP contribution in [0.4, 0.5) is 14.5 Å². The summed E-state index contributed by atoms with van der Waals surface area (Å²) >= 11 is 0. The molecule has 2 aromatic carbocycles. The second kappa shape index (κ2) is 11.4. The molecule has 0 aromatic heterocycles. The van der Waals surface area contributed by atoms with Crippen LogP contribution in [0.15, 0.2) is 42.5 Å². The van der Waals surface area contributed by atoms with Crippen LogP contribution in [0.1, 0.15) is 31.9 Å². The molecule has 0 saturated heterocycles. The van der Waals surface area contributed by atoms with Gasteiger partial charge in [-0.3, -0.25) is 13.9 Å². The van der Waals surface area contributed by atoms with Gasteiger partial charge in [0.15, 0.2) is 11.6 Å². The van der Waals surface area contributed by atoms with Gasteiger partial charge >= 0.3 is 0 Å². The van der Waals surface area contributed by atoms with E-state index in [1.54, 1.807) is 6.92 Å². The Bertz CT molecular complexity index is 1120. The molecule has 1 unspecified atom stereocenters. The molecule has 1 atom stereocenters. The minimum atomic E-state index is -4.03. The van der Waals surface area contributed by atoms with Crippen molar-refractivity contribution in [1.29, 1.82) is 0 Å². The molecule has 10 heteroatoms. The zero-order valence-electron chi connectivity index (χ0n) is 20.0. The third-order valence-corrected chi connectivity index (χ3v) is 6.34. The highest BCUT2D eigenvalue weighted by Gasteiger charge is 2.30. The quantitative estimate of drug-likeness (QED) is 0.548. The van der Waals surface area contributed by atoms with E-state index in [9.17, 15) is 26.8 Å². The molecule has 0 heterocycles. The summed E-state index contributed by atoms with van der Waals surface area (Å²) < 4.78 is 52.7. The van der Waals surface area contributed by atoms with Crippen molar-refractivity contribution < 1.29 is 26.8 Å². The zero-order valence-corrected chi connectivity index (χ0v) is 20.8. The standard InChI is InChI=1S/C24H31F2N3O4S/c1-16(2)13-27-24(31)18(4)28(14-19-8-6-17(3)7-9-19)23(30)15-29(34(5,32)33)20-10-11-21(25)22(26)12-20/h6-12,16,18H,13-15H2,1-5H3,(H,27,31). The van der Waals surface area contributed by atoms with Gasteiger partial charge in [0.25, 0.3) is 0 Å². The van der Waals surface area contributed by atoms with Gasteiger partial charge in [-0.2, -0.15) is 0 Å². The molecule has 0 aliphatic heterocycles. The van der Waals surface area contributed by atoms with Gasteiger partial charge < -0.3 is 10.2 Å². The fraction of sp³-hybridized carbons (Fsp3) is 0.417. The van der Waals surface area contributed by atoms with E-state index >= 15 is 0 Å². The van der Waals surface area contributed by atoms with Crippen LogP contribution in [0, 0.1) is 24.5 Å². The minimum absolute atomic E-state index is 0.0603. The molecule has 0 spiro atoms. The van der Waals surface area contributed by atoms with Crippen LogP contribution in [0.25, 0.3) is 0 Å². The van der Waals surface area contributed by atoms with Gasteiger partial charge in [-0.05, 0) is 37.5 Å². The van der Waals surface area contributed by atoms with Gasteiger partial charge in [-0.25, -0.2) is 17.2 Å². The number of nitrogens with one attached hydrogen (secondary N) is 1. The maximum absolute atomic E-state index is 13.8. The number of rotatable bonds is 10. The Balaban J connectivity index is 2.37. The van der Waals surface area contributed by atoms with Crippen LogP contribution in [0.2, 0.25) is 0 Å². The Morgan fingerprint density at radius 2 is 1.62 bits per heavy atom. The lowest BCUT2D eigenvalue weighted by Crippen LogP contribution is -2.51. The van der Waals surface area contributed by atoms with E-state index in [1.165, 1.54) is 4.90 Å². The second-order valence-corrected chi connectivity index (χ2v) is 10.6. The van der Waals surface area contributed by atoms with Gasteiger partial charge in [0, 0.05) is 19.2 Å². The monoisotopic (exact) mass is 495 g/mol. The topological polar surface area (TPSA) is 86.8 Å². The normalized spacial score (nSPS) is 12.4. The lowest BCUT2D eigenvalue weighted by Gasteiger charge is -2.31. The maximum Gasteiger partial charge on any atom is 0.244 e. The first-order valence-electron chi connectivity index (χ1n) is 10.8. The Kier molecular flexibility index (Phi) is 9.14. The molecule has 2 aromatic rings. The lowest BCUT2D eigenvalue weighted by molar-refractivity contribution is -0.139. The third kappa shape index (κ3) is 7.51. The Labute approximate surface area is 199 Å². The molecule has 2 rings (SSSR count). The summed E-state index contributed by atoms with van der Waals surface area (Å²) in [6.07, 6.45) is 0.866. The first kappa shape index (κ1) is 27.2. The fourth-order valence-electron chi connectivity index (χ4n) is 3.18. The van der Waals surface area contributed by atoms with Gasteiger partial charge in [-0.15, -0.1) is 0 Å². The van der Waals surface area contributed by atoms with Crippen molar-refractivity contribution in [2.75, 3.05) is 23.7 Å². The number of nitrogens with zero attached hydrogens (tertiary/aromatic N) is 2. The predicted molar refractivity (Wildman–Crippen MR) is 128 cm³/mol. The van der Waals surface area contributed by atoms with Crippen LogP contribution in [-0.4, -0.2) is 50.5 Å². The largest absolute Gasteiger partial charge is 0.354 e. The fourth-order valence-corrected chi connectivity index (χ4v) is 4.02. The number of halogens is 2. The van der Waals surface area contributed by atoms with E-state index in [1.807, 2.05) is 45.0 Å². The zero-order chi connectivity index (χ0) is 25.6. The van der Waals surface area contributed by atoms with E-state index in [0.29, 0.717) is 16.9 Å². The molecule has 0 bridgehead atoms. The third-order valence-electron chi connectivity index (χ3n) is 5.20. The predicted octanol–water partition coefficient (Wildman–Crippen LogP) is 3.23. The summed E-state index contributed by atoms with van der Waals surface area (Å²) in [6, 6.07) is 9.05. The molecule has 186 valence electrons. The van der Waals surface area contributed by atoms with Gasteiger partial charge in [0.1, 0.15) is 12.6 Å². The van der Waals surface area contributed by atoms with Crippen LogP contribution in [-0.2, 0) is 26.2 Å².